The number of halogens is 2. The quantitative estimate of drug-likeness (QED) is 0.0965. The number of nitrogens with zero attached hydrogens (tertiary/aromatic N) is 3. The molecule has 0 bridgehead atoms. The summed E-state index contributed by atoms with van der Waals surface area (Å²) in [4.78, 5) is 9.06. The normalized spacial score (nSPS) is 15.5. The molecule has 5 N–H and O–H groups in total. The van der Waals surface area contributed by atoms with Gasteiger partial charge in [-0.3, -0.25) is 9.80 Å². The Morgan fingerprint density at radius 1 is 1.14 bits per heavy atom. The molecule has 258 valence electrons. The van der Waals surface area contributed by atoms with Crippen LogP contribution in [0.25, 0.3) is 0 Å². The van der Waals surface area contributed by atoms with Gasteiger partial charge in [-0.25, -0.2) is 13.8 Å². The van der Waals surface area contributed by atoms with Crippen LogP contribution in [-0.4, -0.2) is 67.7 Å². The Bertz CT molecular complexity index is 898. The van der Waals surface area contributed by atoms with Gasteiger partial charge in [-0.2, -0.15) is 0 Å². The van der Waals surface area contributed by atoms with Crippen molar-refractivity contribution in [2.24, 2.45) is 22.4 Å². The van der Waals surface area contributed by atoms with E-state index in [1.54, 1.807) is 6.92 Å². The number of likely N-dealkylation sites (N-methyl/N-ethyl adjacent to an activating group) is 1. The Labute approximate surface area is 271 Å². The molecule has 0 aromatic rings. The van der Waals surface area contributed by atoms with Gasteiger partial charge in [0.05, 0.1) is 12.2 Å². The van der Waals surface area contributed by atoms with E-state index >= 15 is 0 Å². The highest BCUT2D eigenvalue weighted by atomic mass is 19.1. The van der Waals surface area contributed by atoms with Gasteiger partial charge < -0.3 is 16.8 Å². The zero-order chi connectivity index (χ0) is 34.7. The van der Waals surface area contributed by atoms with Gasteiger partial charge in [0.2, 0.25) is 0 Å². The minimum atomic E-state index is -0.660. The summed E-state index contributed by atoms with van der Waals surface area (Å²) < 4.78 is 26.2. The Morgan fingerprint density at radius 3 is 2.18 bits per heavy atom. The molecule has 0 aromatic heterocycles. The molecule has 6 nitrogen and oxygen atoms in total. The van der Waals surface area contributed by atoms with Crippen molar-refractivity contribution in [3.05, 3.63) is 58.7 Å². The first kappa shape index (κ1) is 46.0. The Morgan fingerprint density at radius 2 is 1.75 bits per heavy atom. The van der Waals surface area contributed by atoms with Gasteiger partial charge in [0.15, 0.2) is 5.96 Å². The number of guanidine groups is 1. The third kappa shape index (κ3) is 22.1. The predicted octanol–water partition coefficient (Wildman–Crippen LogP) is 8.65. The molecular formula is C36H70F2N6. The molecule has 0 fully saturated rings. The van der Waals surface area contributed by atoms with Crippen LogP contribution < -0.4 is 16.8 Å². The molecule has 8 heteroatoms. The van der Waals surface area contributed by atoms with Crippen LogP contribution in [-0.2, 0) is 0 Å². The number of hydrogen-bond donors (Lipinski definition) is 3. The number of nitrogens with two attached hydrogens (primary N) is 2. The van der Waals surface area contributed by atoms with Crippen LogP contribution in [0.4, 0.5) is 8.78 Å². The standard InChI is InChI=1S/C24H40F2N4.C8H18N2.2C2H6/c1-6-9-21(7-2)16-30-15-12-18(3)22(17-30)10-8-14-28-24(27)29-23(20(5)26)19(4)11-13-25;1-5-10(7(2)3)6-8(4)9;2*1-2/h8,10-11,21H,6-7,9,12-17H2,1-5H3,(H3,27,28,29);7H,4-6,9H2,1-3H3;2*1-2H3/b10-8-,19-11+,23-20+;;;. The molecule has 1 unspecified atom stereocenters. The maximum absolute atomic E-state index is 13.7. The monoisotopic (exact) mass is 625 g/mol. The summed E-state index contributed by atoms with van der Waals surface area (Å²) >= 11 is 0. The lowest BCUT2D eigenvalue weighted by atomic mass is 9.96. The summed E-state index contributed by atoms with van der Waals surface area (Å²) in [5, 5.41) is 2.74. The maximum Gasteiger partial charge on any atom is 0.193 e. The van der Waals surface area contributed by atoms with Gasteiger partial charge in [-0.15, -0.1) is 0 Å². The summed E-state index contributed by atoms with van der Waals surface area (Å²) in [7, 11) is 0. The lowest BCUT2D eigenvalue weighted by Crippen LogP contribution is -2.35. The van der Waals surface area contributed by atoms with Crippen LogP contribution in [0.2, 0.25) is 0 Å². The molecule has 0 aromatic carbocycles. The average Bonchev–Trinajstić information content (AvgIpc) is 3.00. The number of allylic oxidation sites excluding steroid dienone is 3. The largest absolute Gasteiger partial charge is 0.401 e. The molecule has 1 rings (SSSR count). The van der Waals surface area contributed by atoms with Crippen molar-refractivity contribution in [1.29, 1.82) is 0 Å². The molecule has 0 radical (unpaired) electrons. The smallest absolute Gasteiger partial charge is 0.193 e. The van der Waals surface area contributed by atoms with Crippen molar-refractivity contribution in [1.82, 2.24) is 15.1 Å². The van der Waals surface area contributed by atoms with Crippen molar-refractivity contribution < 1.29 is 8.78 Å². The Balaban J connectivity index is -0.00000101. The van der Waals surface area contributed by atoms with Crippen LogP contribution in [0.1, 0.15) is 109 Å². The zero-order valence-corrected chi connectivity index (χ0v) is 30.6. The van der Waals surface area contributed by atoms with Crippen molar-refractivity contribution in [2.75, 3.05) is 45.9 Å². The molecular weight excluding hydrogens is 554 g/mol. The van der Waals surface area contributed by atoms with Crippen LogP contribution in [0.15, 0.2) is 63.7 Å². The third-order valence-corrected chi connectivity index (χ3v) is 7.14. The van der Waals surface area contributed by atoms with E-state index in [4.69, 9.17) is 11.5 Å². The van der Waals surface area contributed by atoms with Gasteiger partial charge in [0.1, 0.15) is 12.5 Å². The minimum absolute atomic E-state index is 0.111. The van der Waals surface area contributed by atoms with Gasteiger partial charge in [0.25, 0.3) is 0 Å². The van der Waals surface area contributed by atoms with Crippen LogP contribution in [0.5, 0.6) is 0 Å². The van der Waals surface area contributed by atoms with Gasteiger partial charge in [-0.1, -0.05) is 85.6 Å². The highest BCUT2D eigenvalue weighted by molar-refractivity contribution is 5.80. The Hall–Kier alpha value is -2.45. The number of aliphatic imine (C=N–C) groups is 1. The first-order valence-corrected chi connectivity index (χ1v) is 16.8. The van der Waals surface area contributed by atoms with Crippen molar-refractivity contribution >= 4 is 5.96 Å². The van der Waals surface area contributed by atoms with E-state index in [0.717, 1.165) is 50.8 Å². The van der Waals surface area contributed by atoms with E-state index in [0.29, 0.717) is 18.2 Å². The maximum atomic E-state index is 13.7. The zero-order valence-electron chi connectivity index (χ0n) is 30.6. The molecule has 1 aliphatic heterocycles. The average molecular weight is 625 g/mol. The molecule has 44 heavy (non-hydrogen) atoms. The summed E-state index contributed by atoms with van der Waals surface area (Å²) in [5.74, 6) is 0.423. The fraction of sp³-hybridized carbons (Fsp3) is 0.694. The lowest BCUT2D eigenvalue weighted by Gasteiger charge is -2.31. The van der Waals surface area contributed by atoms with E-state index in [2.05, 4.69) is 74.3 Å². The third-order valence-electron chi connectivity index (χ3n) is 7.14. The van der Waals surface area contributed by atoms with E-state index < -0.39 is 12.5 Å². The van der Waals surface area contributed by atoms with Crippen molar-refractivity contribution in [3.8, 4) is 0 Å². The molecule has 1 heterocycles. The summed E-state index contributed by atoms with van der Waals surface area (Å²) in [5.41, 5.74) is 15.5. The van der Waals surface area contributed by atoms with Crippen LogP contribution >= 0.6 is 0 Å². The van der Waals surface area contributed by atoms with Gasteiger partial charge >= 0.3 is 0 Å². The first-order valence-electron chi connectivity index (χ1n) is 16.8. The van der Waals surface area contributed by atoms with Crippen LogP contribution in [0, 0.1) is 5.92 Å². The summed E-state index contributed by atoms with van der Waals surface area (Å²) in [6, 6.07) is 0.560. The second-order valence-electron chi connectivity index (χ2n) is 10.9. The van der Waals surface area contributed by atoms with Gasteiger partial charge in [0, 0.05) is 37.9 Å². The number of nitrogens with one attached hydrogen (secondary N) is 1. The first-order chi connectivity index (χ1) is 20.9. The topological polar surface area (TPSA) is 82.9 Å². The number of hydrogen-bond acceptors (Lipinski definition) is 4. The SMILES string of the molecule is C=C(N)CN(CC)C(C)C.CC.CC.CCCC(CC)CN1CCC(C)=C(/C=C\CN=C(N)NC(/C(C)=C/CF)=C(\C)F)C1. The van der Waals surface area contributed by atoms with Crippen molar-refractivity contribution in [2.45, 2.75) is 115 Å². The summed E-state index contributed by atoms with van der Waals surface area (Å²) in [6.45, 7) is 32.6. The minimum Gasteiger partial charge on any atom is -0.401 e. The van der Waals surface area contributed by atoms with Gasteiger partial charge in [-0.05, 0) is 77.1 Å². The van der Waals surface area contributed by atoms with Crippen molar-refractivity contribution in [3.63, 3.8) is 0 Å². The molecule has 1 atom stereocenters. The molecule has 0 aliphatic carbocycles. The molecule has 0 spiro atoms. The fourth-order valence-electron chi connectivity index (χ4n) is 4.60. The number of rotatable bonds is 15. The molecule has 0 saturated heterocycles. The molecule has 0 saturated carbocycles. The van der Waals surface area contributed by atoms with E-state index in [-0.39, 0.29) is 11.7 Å². The van der Waals surface area contributed by atoms with E-state index in [1.807, 2.05) is 33.8 Å². The van der Waals surface area contributed by atoms with E-state index in [1.165, 1.54) is 43.4 Å². The fourth-order valence-corrected chi connectivity index (χ4v) is 4.60. The van der Waals surface area contributed by atoms with Crippen LogP contribution in [0.3, 0.4) is 0 Å². The number of alkyl halides is 1. The highest BCUT2D eigenvalue weighted by Gasteiger charge is 2.18. The Kier molecular flexibility index (Phi) is 30.6. The highest BCUT2D eigenvalue weighted by Crippen LogP contribution is 2.21. The lowest BCUT2D eigenvalue weighted by molar-refractivity contribution is 0.230. The second-order valence-corrected chi connectivity index (χ2v) is 10.9. The molecule has 0 amide bonds. The van der Waals surface area contributed by atoms with E-state index in [9.17, 15) is 8.78 Å². The predicted molar refractivity (Wildman–Crippen MR) is 193 cm³/mol. The second kappa shape index (κ2) is 29.3. The molecule has 1 aliphatic rings. The summed E-state index contributed by atoms with van der Waals surface area (Å²) in [6.07, 6.45) is 10.3.